The van der Waals surface area contributed by atoms with E-state index >= 15 is 0 Å². The molecule has 1 nitrogen and oxygen atoms in total. The molecule has 0 spiro atoms. The van der Waals surface area contributed by atoms with E-state index in [2.05, 4.69) is 107 Å². The molecule has 2 aromatic carbocycles. The number of hydrogen-bond donors (Lipinski definition) is 0. The van der Waals surface area contributed by atoms with E-state index in [0.29, 0.717) is 0 Å². The lowest BCUT2D eigenvalue weighted by molar-refractivity contribution is 0.232. The summed E-state index contributed by atoms with van der Waals surface area (Å²) in [5.41, 5.74) is 0. The summed E-state index contributed by atoms with van der Waals surface area (Å²) in [6.07, 6.45) is 4.49. The van der Waals surface area contributed by atoms with E-state index in [9.17, 15) is 0 Å². The van der Waals surface area contributed by atoms with Crippen LogP contribution in [0.15, 0.2) is 73.3 Å². The first-order valence-electron chi connectivity index (χ1n) is 9.84. The minimum atomic E-state index is -2.55. The summed E-state index contributed by atoms with van der Waals surface area (Å²) in [5, 5.41) is 2.56. The lowest BCUT2D eigenvalue weighted by Gasteiger charge is -2.44. The van der Waals surface area contributed by atoms with Gasteiger partial charge in [-0.05, 0) is 28.3 Å². The van der Waals surface area contributed by atoms with Crippen LogP contribution in [-0.4, -0.2) is 14.4 Å². The van der Waals surface area contributed by atoms with Crippen molar-refractivity contribution in [3.8, 4) is 11.8 Å². The van der Waals surface area contributed by atoms with Crippen molar-refractivity contribution in [1.29, 1.82) is 0 Å². The Morgan fingerprint density at radius 3 is 1.93 bits per heavy atom. The summed E-state index contributed by atoms with van der Waals surface area (Å²) in [4.78, 5) is 0. The molecule has 0 aromatic heterocycles. The van der Waals surface area contributed by atoms with Gasteiger partial charge >= 0.3 is 0 Å². The average molecular weight is 377 g/mol. The van der Waals surface area contributed by atoms with Gasteiger partial charge in [-0.2, -0.15) is 0 Å². The molecule has 2 aromatic rings. The molecule has 0 aliphatic rings. The Morgan fingerprint density at radius 1 is 1.00 bits per heavy atom. The monoisotopic (exact) mass is 376 g/mol. The van der Waals surface area contributed by atoms with Gasteiger partial charge < -0.3 is 4.43 Å². The molecule has 0 aliphatic heterocycles. The molecule has 2 heteroatoms. The van der Waals surface area contributed by atoms with E-state index in [4.69, 9.17) is 4.43 Å². The standard InChI is InChI=1S/C25H32OSi/c1-6-8-16-22(17-9-7-2)26-27(25(3,4)5,23-18-12-10-13-19-23)24-20-14-11-15-21-24/h6,10-15,18-22H,1,7-8,16H2,2-5H3/t22-/m0/s1. The molecule has 0 saturated carbocycles. The maximum absolute atomic E-state index is 7.10. The third-order valence-corrected chi connectivity index (χ3v) is 9.85. The summed E-state index contributed by atoms with van der Waals surface area (Å²) in [5.74, 6) is 6.63. The first-order valence-corrected chi connectivity index (χ1v) is 11.7. The largest absolute Gasteiger partial charge is 0.394 e. The minimum Gasteiger partial charge on any atom is -0.394 e. The van der Waals surface area contributed by atoms with Gasteiger partial charge in [-0.15, -0.1) is 12.5 Å². The summed E-state index contributed by atoms with van der Waals surface area (Å²) in [6.45, 7) is 12.9. The summed E-state index contributed by atoms with van der Waals surface area (Å²) < 4.78 is 7.10. The number of allylic oxidation sites excluding steroid dienone is 1. The average Bonchev–Trinajstić information content (AvgIpc) is 2.68. The molecule has 142 valence electrons. The topological polar surface area (TPSA) is 9.23 Å². The van der Waals surface area contributed by atoms with Gasteiger partial charge in [0.2, 0.25) is 0 Å². The fourth-order valence-electron chi connectivity index (χ4n) is 3.55. The molecule has 0 amide bonds. The molecule has 2 rings (SSSR count). The predicted molar refractivity (Wildman–Crippen MR) is 120 cm³/mol. The molecular formula is C25H32OSi. The van der Waals surface area contributed by atoms with Crippen LogP contribution in [0.4, 0.5) is 0 Å². The van der Waals surface area contributed by atoms with E-state index in [1.165, 1.54) is 10.4 Å². The Balaban J connectivity index is 2.65. The highest BCUT2D eigenvalue weighted by Gasteiger charge is 2.51. The minimum absolute atomic E-state index is 0.0317. The zero-order valence-electron chi connectivity index (χ0n) is 17.2. The Hall–Kier alpha value is -2.08. The van der Waals surface area contributed by atoms with Crippen LogP contribution in [0.2, 0.25) is 5.04 Å². The number of rotatable bonds is 7. The van der Waals surface area contributed by atoms with Crippen molar-refractivity contribution in [3.05, 3.63) is 73.3 Å². The van der Waals surface area contributed by atoms with Gasteiger partial charge in [0.25, 0.3) is 8.32 Å². The van der Waals surface area contributed by atoms with Gasteiger partial charge in [0.1, 0.15) is 6.10 Å². The number of benzene rings is 2. The predicted octanol–water partition coefficient (Wildman–Crippen LogP) is 5.31. The van der Waals surface area contributed by atoms with Crippen LogP contribution in [0.5, 0.6) is 0 Å². The molecule has 0 saturated heterocycles. The Bertz CT molecular complexity index is 723. The second-order valence-electron chi connectivity index (χ2n) is 7.81. The van der Waals surface area contributed by atoms with Gasteiger partial charge in [0.15, 0.2) is 0 Å². The highest BCUT2D eigenvalue weighted by molar-refractivity contribution is 6.99. The van der Waals surface area contributed by atoms with Gasteiger partial charge in [0, 0.05) is 6.42 Å². The normalized spacial score (nSPS) is 12.7. The van der Waals surface area contributed by atoms with Crippen molar-refractivity contribution in [1.82, 2.24) is 0 Å². The zero-order chi connectivity index (χ0) is 19.8. The lowest BCUT2D eigenvalue weighted by atomic mass is 10.2. The van der Waals surface area contributed by atoms with Gasteiger partial charge in [-0.25, -0.2) is 0 Å². The Morgan fingerprint density at radius 2 is 1.52 bits per heavy atom. The van der Waals surface area contributed by atoms with Crippen molar-refractivity contribution < 1.29 is 4.43 Å². The SMILES string of the molecule is C=CCC[C@@H](C#CCC)O[Si](c1ccccc1)(c1ccccc1)C(C)(C)C. The lowest BCUT2D eigenvalue weighted by Crippen LogP contribution is -2.67. The van der Waals surface area contributed by atoms with Gasteiger partial charge in [0.05, 0.1) is 0 Å². The molecule has 0 fully saturated rings. The van der Waals surface area contributed by atoms with Crippen LogP contribution < -0.4 is 10.4 Å². The molecule has 0 N–H and O–H groups in total. The van der Waals surface area contributed by atoms with Crippen LogP contribution in [0.3, 0.4) is 0 Å². The smallest absolute Gasteiger partial charge is 0.262 e. The number of hydrogen-bond acceptors (Lipinski definition) is 1. The fraction of sp³-hybridized carbons (Fsp3) is 0.360. The highest BCUT2D eigenvalue weighted by atomic mass is 28.4. The van der Waals surface area contributed by atoms with Gasteiger partial charge in [-0.1, -0.05) is 100 Å². The molecular weight excluding hydrogens is 344 g/mol. The molecule has 0 bridgehead atoms. The Labute approximate surface area is 166 Å². The molecule has 0 heterocycles. The molecule has 1 atom stereocenters. The third-order valence-electron chi connectivity index (χ3n) is 4.81. The van der Waals surface area contributed by atoms with Crippen LogP contribution in [0, 0.1) is 11.8 Å². The first-order chi connectivity index (χ1) is 13.0. The van der Waals surface area contributed by atoms with Crippen LogP contribution in [0.1, 0.15) is 47.0 Å². The van der Waals surface area contributed by atoms with E-state index in [1.807, 2.05) is 6.08 Å². The van der Waals surface area contributed by atoms with E-state index < -0.39 is 8.32 Å². The molecule has 27 heavy (non-hydrogen) atoms. The first kappa shape index (κ1) is 21.2. The second kappa shape index (κ2) is 9.74. The molecule has 0 radical (unpaired) electrons. The molecule has 0 unspecified atom stereocenters. The van der Waals surface area contributed by atoms with Crippen molar-refractivity contribution in [3.63, 3.8) is 0 Å². The van der Waals surface area contributed by atoms with Crippen LogP contribution in [0.25, 0.3) is 0 Å². The molecule has 0 aliphatic carbocycles. The van der Waals surface area contributed by atoms with E-state index in [0.717, 1.165) is 19.3 Å². The van der Waals surface area contributed by atoms with Crippen LogP contribution >= 0.6 is 0 Å². The van der Waals surface area contributed by atoms with Crippen molar-refractivity contribution >= 4 is 18.7 Å². The third kappa shape index (κ3) is 5.00. The van der Waals surface area contributed by atoms with Gasteiger partial charge in [-0.3, -0.25) is 0 Å². The summed E-state index contributed by atoms with van der Waals surface area (Å²) in [7, 11) is -2.55. The fourth-order valence-corrected chi connectivity index (χ4v) is 8.17. The van der Waals surface area contributed by atoms with E-state index in [1.54, 1.807) is 0 Å². The quantitative estimate of drug-likeness (QED) is 0.361. The second-order valence-corrected chi connectivity index (χ2v) is 12.1. The summed E-state index contributed by atoms with van der Waals surface area (Å²) in [6, 6.07) is 21.5. The summed E-state index contributed by atoms with van der Waals surface area (Å²) >= 11 is 0. The van der Waals surface area contributed by atoms with Crippen molar-refractivity contribution in [2.45, 2.75) is 58.1 Å². The highest BCUT2D eigenvalue weighted by Crippen LogP contribution is 2.37. The van der Waals surface area contributed by atoms with E-state index in [-0.39, 0.29) is 11.1 Å². The van der Waals surface area contributed by atoms with Crippen molar-refractivity contribution in [2.75, 3.05) is 0 Å². The Kier molecular flexibility index (Phi) is 7.65. The maximum Gasteiger partial charge on any atom is 0.262 e. The zero-order valence-corrected chi connectivity index (χ0v) is 18.2. The maximum atomic E-state index is 7.10. The van der Waals surface area contributed by atoms with Crippen LogP contribution in [-0.2, 0) is 4.43 Å². The van der Waals surface area contributed by atoms with Crippen molar-refractivity contribution in [2.24, 2.45) is 0 Å².